The fourth-order valence-electron chi connectivity index (χ4n) is 1.91. The Labute approximate surface area is 78.4 Å². The molecular formula is C10H16N2O. The molecule has 3 heteroatoms. The molecule has 1 aliphatic rings. The van der Waals surface area contributed by atoms with Crippen LogP contribution in [0, 0.1) is 5.92 Å². The number of aromatic nitrogens is 2. The first kappa shape index (κ1) is 8.75. The van der Waals surface area contributed by atoms with Crippen LogP contribution in [0.15, 0.2) is 6.20 Å². The Balaban J connectivity index is 2.18. The van der Waals surface area contributed by atoms with E-state index in [9.17, 15) is 0 Å². The van der Waals surface area contributed by atoms with E-state index in [1.165, 1.54) is 12.2 Å². The Morgan fingerprint density at radius 2 is 2.54 bits per heavy atom. The molecule has 0 radical (unpaired) electrons. The predicted molar refractivity (Wildman–Crippen MR) is 50.5 cm³/mol. The molecule has 0 bridgehead atoms. The highest BCUT2D eigenvalue weighted by Gasteiger charge is 2.16. The van der Waals surface area contributed by atoms with Crippen LogP contribution in [-0.4, -0.2) is 21.3 Å². The number of fused-ring (bicyclic) bond motifs is 1. The Hall–Kier alpha value is -0.830. The van der Waals surface area contributed by atoms with E-state index in [1.807, 2.05) is 0 Å². The third kappa shape index (κ3) is 1.75. The summed E-state index contributed by atoms with van der Waals surface area (Å²) in [4.78, 5) is 4.48. The van der Waals surface area contributed by atoms with Crippen LogP contribution >= 0.6 is 0 Å². The lowest BCUT2D eigenvalue weighted by molar-refractivity contribution is 0.298. The van der Waals surface area contributed by atoms with Gasteiger partial charge in [0, 0.05) is 32.2 Å². The number of nitrogens with zero attached hydrogens (tertiary/aromatic N) is 2. The van der Waals surface area contributed by atoms with E-state index >= 15 is 0 Å². The summed E-state index contributed by atoms with van der Waals surface area (Å²) in [5, 5.41) is 8.78. The number of hydrogen-bond acceptors (Lipinski definition) is 2. The summed E-state index contributed by atoms with van der Waals surface area (Å²) in [6, 6.07) is 0. The highest BCUT2D eigenvalue weighted by atomic mass is 16.3. The summed E-state index contributed by atoms with van der Waals surface area (Å²) in [6.07, 6.45) is 5.11. The summed E-state index contributed by atoms with van der Waals surface area (Å²) in [5.74, 6) is 1.96. The van der Waals surface area contributed by atoms with Gasteiger partial charge in [0.2, 0.25) is 0 Å². The van der Waals surface area contributed by atoms with Gasteiger partial charge >= 0.3 is 0 Å². The van der Waals surface area contributed by atoms with Gasteiger partial charge in [-0.3, -0.25) is 0 Å². The molecule has 13 heavy (non-hydrogen) atoms. The first-order valence-corrected chi connectivity index (χ1v) is 4.95. The quantitative estimate of drug-likeness (QED) is 0.737. The van der Waals surface area contributed by atoms with Crippen LogP contribution in [0.2, 0.25) is 0 Å². The number of imidazole rings is 1. The van der Waals surface area contributed by atoms with Gasteiger partial charge in [-0.05, 0) is 12.3 Å². The second kappa shape index (κ2) is 3.50. The topological polar surface area (TPSA) is 38.1 Å². The van der Waals surface area contributed by atoms with Gasteiger partial charge in [-0.25, -0.2) is 4.98 Å². The molecule has 2 rings (SSSR count). The molecule has 0 saturated heterocycles. The smallest absolute Gasteiger partial charge is 0.108 e. The number of aliphatic hydroxyl groups is 1. The average Bonchev–Trinajstić information content (AvgIpc) is 2.46. The SMILES string of the molecule is CC1CCc2nc(CCO)cn2C1. The van der Waals surface area contributed by atoms with E-state index in [1.54, 1.807) is 0 Å². The molecule has 0 spiro atoms. The molecule has 72 valence electrons. The molecule has 1 aliphatic heterocycles. The number of hydrogen-bond donors (Lipinski definition) is 1. The zero-order valence-electron chi connectivity index (χ0n) is 8.03. The second-order valence-corrected chi connectivity index (χ2v) is 3.92. The van der Waals surface area contributed by atoms with Crippen LogP contribution in [-0.2, 0) is 19.4 Å². The highest BCUT2D eigenvalue weighted by molar-refractivity contribution is 5.06. The van der Waals surface area contributed by atoms with Crippen LogP contribution in [0.4, 0.5) is 0 Å². The van der Waals surface area contributed by atoms with Crippen LogP contribution in [0.1, 0.15) is 24.9 Å². The molecule has 0 saturated carbocycles. The van der Waals surface area contributed by atoms with E-state index in [4.69, 9.17) is 5.11 Å². The van der Waals surface area contributed by atoms with Crippen molar-refractivity contribution in [1.82, 2.24) is 9.55 Å². The molecule has 0 aliphatic carbocycles. The molecule has 0 fully saturated rings. The lowest BCUT2D eigenvalue weighted by atomic mass is 10.0. The molecule has 3 nitrogen and oxygen atoms in total. The van der Waals surface area contributed by atoms with Crippen molar-refractivity contribution in [3.8, 4) is 0 Å². The van der Waals surface area contributed by atoms with E-state index in [-0.39, 0.29) is 6.61 Å². The molecule has 1 atom stereocenters. The van der Waals surface area contributed by atoms with Gasteiger partial charge in [0.25, 0.3) is 0 Å². The zero-order valence-corrected chi connectivity index (χ0v) is 8.03. The predicted octanol–water partition coefficient (Wildman–Crippen LogP) is 1.00. The van der Waals surface area contributed by atoms with Crippen molar-refractivity contribution in [1.29, 1.82) is 0 Å². The van der Waals surface area contributed by atoms with Crippen molar-refractivity contribution in [2.75, 3.05) is 6.61 Å². The van der Waals surface area contributed by atoms with Gasteiger partial charge in [-0.1, -0.05) is 6.92 Å². The molecule has 1 aromatic heterocycles. The molecule has 1 unspecified atom stereocenters. The van der Waals surface area contributed by atoms with Gasteiger partial charge in [0.05, 0.1) is 5.69 Å². The van der Waals surface area contributed by atoms with Gasteiger partial charge < -0.3 is 9.67 Å². The molecule has 0 aromatic carbocycles. The summed E-state index contributed by atoms with van der Waals surface area (Å²) >= 11 is 0. The van der Waals surface area contributed by atoms with Crippen molar-refractivity contribution in [2.45, 2.75) is 32.7 Å². The van der Waals surface area contributed by atoms with E-state index in [2.05, 4.69) is 22.7 Å². The van der Waals surface area contributed by atoms with Crippen LogP contribution in [0.25, 0.3) is 0 Å². The fourth-order valence-corrected chi connectivity index (χ4v) is 1.91. The van der Waals surface area contributed by atoms with Crippen molar-refractivity contribution in [3.63, 3.8) is 0 Å². The van der Waals surface area contributed by atoms with E-state index in [0.29, 0.717) is 6.42 Å². The van der Waals surface area contributed by atoms with Gasteiger partial charge in [0.1, 0.15) is 5.82 Å². The van der Waals surface area contributed by atoms with Crippen molar-refractivity contribution in [2.24, 2.45) is 5.92 Å². The molecule has 1 aromatic rings. The standard InChI is InChI=1S/C10H16N2O/c1-8-2-3-10-11-9(4-5-13)7-12(10)6-8/h7-8,13H,2-6H2,1H3. The molecule has 2 heterocycles. The molecular weight excluding hydrogens is 164 g/mol. The van der Waals surface area contributed by atoms with Gasteiger partial charge in [0.15, 0.2) is 0 Å². The lowest BCUT2D eigenvalue weighted by Crippen LogP contribution is -2.17. The minimum Gasteiger partial charge on any atom is -0.396 e. The van der Waals surface area contributed by atoms with Crippen LogP contribution in [0.3, 0.4) is 0 Å². The summed E-state index contributed by atoms with van der Waals surface area (Å²) < 4.78 is 2.24. The highest BCUT2D eigenvalue weighted by Crippen LogP contribution is 2.19. The Kier molecular flexibility index (Phi) is 2.36. The van der Waals surface area contributed by atoms with E-state index in [0.717, 1.165) is 24.6 Å². The van der Waals surface area contributed by atoms with E-state index < -0.39 is 0 Å². The summed E-state index contributed by atoms with van der Waals surface area (Å²) in [7, 11) is 0. The van der Waals surface area contributed by atoms with Crippen molar-refractivity contribution >= 4 is 0 Å². The third-order valence-corrected chi connectivity index (χ3v) is 2.65. The maximum Gasteiger partial charge on any atom is 0.108 e. The first-order chi connectivity index (χ1) is 6.29. The van der Waals surface area contributed by atoms with Gasteiger partial charge in [-0.2, -0.15) is 0 Å². The fraction of sp³-hybridized carbons (Fsp3) is 0.700. The number of aryl methyl sites for hydroxylation is 1. The van der Waals surface area contributed by atoms with Crippen molar-refractivity contribution in [3.05, 3.63) is 17.7 Å². The molecule has 0 amide bonds. The Morgan fingerprint density at radius 3 is 3.31 bits per heavy atom. The largest absolute Gasteiger partial charge is 0.396 e. The number of rotatable bonds is 2. The van der Waals surface area contributed by atoms with Crippen LogP contribution < -0.4 is 0 Å². The molecule has 1 N–H and O–H groups in total. The third-order valence-electron chi connectivity index (χ3n) is 2.65. The van der Waals surface area contributed by atoms with Crippen molar-refractivity contribution < 1.29 is 5.11 Å². The summed E-state index contributed by atoms with van der Waals surface area (Å²) in [5.41, 5.74) is 1.03. The van der Waals surface area contributed by atoms with Gasteiger partial charge in [-0.15, -0.1) is 0 Å². The first-order valence-electron chi connectivity index (χ1n) is 4.95. The summed E-state index contributed by atoms with van der Waals surface area (Å²) in [6.45, 7) is 3.56. The maximum absolute atomic E-state index is 8.78. The monoisotopic (exact) mass is 180 g/mol. The Bertz CT molecular complexity index is 293. The van der Waals surface area contributed by atoms with Crippen LogP contribution in [0.5, 0.6) is 0 Å². The average molecular weight is 180 g/mol. The number of aliphatic hydroxyl groups excluding tert-OH is 1. The normalized spacial score (nSPS) is 21.5. The minimum atomic E-state index is 0.200. The minimum absolute atomic E-state index is 0.200. The Morgan fingerprint density at radius 1 is 1.69 bits per heavy atom. The zero-order chi connectivity index (χ0) is 9.26. The second-order valence-electron chi connectivity index (χ2n) is 3.92. The maximum atomic E-state index is 8.78. The lowest BCUT2D eigenvalue weighted by Gasteiger charge is -2.19.